The number of hydrogen-bond acceptors (Lipinski definition) is 4. The Morgan fingerprint density at radius 1 is 0.870 bits per heavy atom. The van der Waals surface area contributed by atoms with Gasteiger partial charge in [-0.25, -0.2) is 0 Å². The lowest BCUT2D eigenvalue weighted by Gasteiger charge is -2.21. The maximum absolute atomic E-state index is 12.7. The maximum atomic E-state index is 12.7. The predicted octanol–water partition coefficient (Wildman–Crippen LogP) is 4.11. The molecule has 0 heterocycles. The SMILES string of the molecule is COc1ccc(C(=O)c2ccc(OC(C)(C)C)cc2)c(OC)c1. The van der Waals surface area contributed by atoms with E-state index in [1.807, 2.05) is 20.8 Å². The van der Waals surface area contributed by atoms with Crippen molar-refractivity contribution in [2.24, 2.45) is 0 Å². The number of rotatable bonds is 5. The van der Waals surface area contributed by atoms with Crippen molar-refractivity contribution < 1.29 is 19.0 Å². The number of hydrogen-bond donors (Lipinski definition) is 0. The molecule has 4 nitrogen and oxygen atoms in total. The Morgan fingerprint density at radius 3 is 2.00 bits per heavy atom. The van der Waals surface area contributed by atoms with Gasteiger partial charge in [-0.05, 0) is 57.2 Å². The summed E-state index contributed by atoms with van der Waals surface area (Å²) >= 11 is 0. The van der Waals surface area contributed by atoms with Crippen LogP contribution in [0.1, 0.15) is 36.7 Å². The molecule has 0 aliphatic heterocycles. The molecule has 0 atom stereocenters. The van der Waals surface area contributed by atoms with E-state index in [0.29, 0.717) is 22.6 Å². The molecule has 0 aliphatic carbocycles. The second-order valence-corrected chi connectivity index (χ2v) is 6.13. The summed E-state index contributed by atoms with van der Waals surface area (Å²) < 4.78 is 16.2. The van der Waals surface area contributed by atoms with Crippen LogP contribution in [0.5, 0.6) is 17.2 Å². The summed E-state index contributed by atoms with van der Waals surface area (Å²) in [5.74, 6) is 1.76. The molecule has 2 rings (SSSR count). The highest BCUT2D eigenvalue weighted by molar-refractivity contribution is 6.10. The zero-order valence-electron chi connectivity index (χ0n) is 14.2. The Bertz CT molecular complexity index is 682. The monoisotopic (exact) mass is 314 g/mol. The van der Waals surface area contributed by atoms with Crippen molar-refractivity contribution in [2.45, 2.75) is 26.4 Å². The van der Waals surface area contributed by atoms with E-state index in [0.717, 1.165) is 5.75 Å². The van der Waals surface area contributed by atoms with Crippen molar-refractivity contribution in [1.82, 2.24) is 0 Å². The van der Waals surface area contributed by atoms with Gasteiger partial charge >= 0.3 is 0 Å². The van der Waals surface area contributed by atoms with Gasteiger partial charge in [0.1, 0.15) is 22.8 Å². The van der Waals surface area contributed by atoms with Crippen molar-refractivity contribution in [1.29, 1.82) is 0 Å². The zero-order valence-corrected chi connectivity index (χ0v) is 14.2. The van der Waals surface area contributed by atoms with Gasteiger partial charge in [-0.2, -0.15) is 0 Å². The lowest BCUT2D eigenvalue weighted by molar-refractivity contribution is 0.103. The quantitative estimate of drug-likeness (QED) is 0.779. The largest absolute Gasteiger partial charge is 0.497 e. The minimum atomic E-state index is -0.273. The first-order valence-electron chi connectivity index (χ1n) is 7.40. The highest BCUT2D eigenvalue weighted by Crippen LogP contribution is 2.27. The van der Waals surface area contributed by atoms with Crippen LogP contribution in [0.2, 0.25) is 0 Å². The van der Waals surface area contributed by atoms with E-state index in [4.69, 9.17) is 14.2 Å². The van der Waals surface area contributed by atoms with Crippen molar-refractivity contribution in [3.63, 3.8) is 0 Å². The molecule has 0 bridgehead atoms. The molecule has 0 amide bonds. The summed E-state index contributed by atoms with van der Waals surface area (Å²) in [4.78, 5) is 12.7. The van der Waals surface area contributed by atoms with E-state index in [-0.39, 0.29) is 11.4 Å². The third-order valence-electron chi connectivity index (χ3n) is 3.19. The molecule has 122 valence electrons. The molecule has 0 unspecified atom stereocenters. The summed E-state index contributed by atoms with van der Waals surface area (Å²) in [5.41, 5.74) is 0.803. The van der Waals surface area contributed by atoms with Gasteiger partial charge in [-0.1, -0.05) is 0 Å². The van der Waals surface area contributed by atoms with Crippen LogP contribution in [0.25, 0.3) is 0 Å². The molecular weight excluding hydrogens is 292 g/mol. The van der Waals surface area contributed by atoms with E-state index in [9.17, 15) is 4.79 Å². The Hall–Kier alpha value is -2.49. The van der Waals surface area contributed by atoms with E-state index < -0.39 is 0 Å². The standard InChI is InChI=1S/C19H22O4/c1-19(2,3)23-14-8-6-13(7-9-14)18(20)16-11-10-15(21-4)12-17(16)22-5/h6-12H,1-5H3. The van der Waals surface area contributed by atoms with Gasteiger partial charge in [-0.15, -0.1) is 0 Å². The summed E-state index contributed by atoms with van der Waals surface area (Å²) in [7, 11) is 3.11. The highest BCUT2D eigenvalue weighted by Gasteiger charge is 2.16. The normalized spacial score (nSPS) is 11.0. The van der Waals surface area contributed by atoms with E-state index in [1.54, 1.807) is 49.6 Å². The fraction of sp³-hybridized carbons (Fsp3) is 0.316. The van der Waals surface area contributed by atoms with Gasteiger partial charge in [0.25, 0.3) is 0 Å². The van der Waals surface area contributed by atoms with E-state index in [2.05, 4.69) is 0 Å². The zero-order chi connectivity index (χ0) is 17.0. The first-order chi connectivity index (χ1) is 10.8. The van der Waals surface area contributed by atoms with Crippen LogP contribution in [0.4, 0.5) is 0 Å². The topological polar surface area (TPSA) is 44.8 Å². The smallest absolute Gasteiger partial charge is 0.196 e. The molecule has 0 radical (unpaired) electrons. The molecule has 0 fully saturated rings. The van der Waals surface area contributed by atoms with Crippen LogP contribution in [0.15, 0.2) is 42.5 Å². The fourth-order valence-corrected chi connectivity index (χ4v) is 2.17. The maximum Gasteiger partial charge on any atom is 0.196 e. The lowest BCUT2D eigenvalue weighted by Crippen LogP contribution is -2.22. The molecule has 0 saturated carbocycles. The Morgan fingerprint density at radius 2 is 1.48 bits per heavy atom. The van der Waals surface area contributed by atoms with Crippen LogP contribution in [-0.2, 0) is 0 Å². The molecule has 0 aromatic heterocycles. The molecule has 23 heavy (non-hydrogen) atoms. The molecule has 0 saturated heterocycles. The fourth-order valence-electron chi connectivity index (χ4n) is 2.17. The lowest BCUT2D eigenvalue weighted by atomic mass is 10.0. The molecule has 0 N–H and O–H groups in total. The summed E-state index contributed by atoms with van der Waals surface area (Å²) in [6.45, 7) is 5.94. The predicted molar refractivity (Wildman–Crippen MR) is 89.8 cm³/mol. The number of carbonyl (C=O) groups excluding carboxylic acids is 1. The van der Waals surface area contributed by atoms with Gasteiger partial charge in [0, 0.05) is 11.6 Å². The van der Waals surface area contributed by atoms with Gasteiger partial charge < -0.3 is 14.2 Å². The number of benzene rings is 2. The molecule has 0 spiro atoms. The van der Waals surface area contributed by atoms with Crippen LogP contribution in [0, 0.1) is 0 Å². The summed E-state index contributed by atoms with van der Waals surface area (Å²) in [5, 5.41) is 0. The van der Waals surface area contributed by atoms with E-state index in [1.165, 1.54) is 7.11 Å². The van der Waals surface area contributed by atoms with Crippen LogP contribution in [0.3, 0.4) is 0 Å². The molecular formula is C19H22O4. The summed E-state index contributed by atoms with van der Waals surface area (Å²) in [6.07, 6.45) is 0. The molecule has 2 aromatic rings. The van der Waals surface area contributed by atoms with Crippen molar-refractivity contribution >= 4 is 5.78 Å². The van der Waals surface area contributed by atoms with Gasteiger partial charge in [0.05, 0.1) is 19.8 Å². The second-order valence-electron chi connectivity index (χ2n) is 6.13. The van der Waals surface area contributed by atoms with Crippen LogP contribution >= 0.6 is 0 Å². The summed E-state index contributed by atoms with van der Waals surface area (Å²) in [6, 6.07) is 12.3. The third kappa shape index (κ3) is 4.25. The number of ether oxygens (including phenoxy) is 3. The Labute approximate surface area is 137 Å². The average molecular weight is 314 g/mol. The van der Waals surface area contributed by atoms with Crippen LogP contribution in [-0.4, -0.2) is 25.6 Å². The van der Waals surface area contributed by atoms with Crippen molar-refractivity contribution in [3.05, 3.63) is 53.6 Å². The molecule has 2 aromatic carbocycles. The van der Waals surface area contributed by atoms with Gasteiger partial charge in [0.15, 0.2) is 5.78 Å². The Balaban J connectivity index is 2.27. The number of methoxy groups -OCH3 is 2. The second kappa shape index (κ2) is 6.73. The minimum absolute atomic E-state index is 0.105. The van der Waals surface area contributed by atoms with Gasteiger partial charge in [0.2, 0.25) is 0 Å². The minimum Gasteiger partial charge on any atom is -0.497 e. The Kier molecular flexibility index (Phi) is 4.94. The van der Waals surface area contributed by atoms with Crippen LogP contribution < -0.4 is 14.2 Å². The highest BCUT2D eigenvalue weighted by atomic mass is 16.5. The van der Waals surface area contributed by atoms with Crippen molar-refractivity contribution in [2.75, 3.05) is 14.2 Å². The molecule has 4 heteroatoms. The first kappa shape index (κ1) is 16.9. The van der Waals surface area contributed by atoms with Crippen molar-refractivity contribution in [3.8, 4) is 17.2 Å². The van der Waals surface area contributed by atoms with E-state index >= 15 is 0 Å². The number of carbonyl (C=O) groups is 1. The molecule has 0 aliphatic rings. The first-order valence-corrected chi connectivity index (χ1v) is 7.40. The number of ketones is 1. The third-order valence-corrected chi connectivity index (χ3v) is 3.19. The average Bonchev–Trinajstić information content (AvgIpc) is 2.52. The van der Waals surface area contributed by atoms with Gasteiger partial charge in [-0.3, -0.25) is 4.79 Å².